The quantitative estimate of drug-likeness (QED) is 0.824. The number of carbonyl (C=O) groups excluding carboxylic acids is 1. The van der Waals surface area contributed by atoms with E-state index in [-0.39, 0.29) is 18.5 Å². The lowest BCUT2D eigenvalue weighted by Gasteiger charge is -2.13. The summed E-state index contributed by atoms with van der Waals surface area (Å²) in [5.41, 5.74) is 2.22. The van der Waals surface area contributed by atoms with Gasteiger partial charge in [0.1, 0.15) is 5.76 Å². The van der Waals surface area contributed by atoms with Crippen LogP contribution in [0.4, 0.5) is 5.69 Å². The van der Waals surface area contributed by atoms with E-state index >= 15 is 0 Å². The Bertz CT molecular complexity index is 576. The lowest BCUT2D eigenvalue weighted by molar-refractivity contribution is -0.120. The second kappa shape index (κ2) is 7.66. The Labute approximate surface area is 131 Å². The molecule has 0 bridgehead atoms. The second-order valence-electron chi connectivity index (χ2n) is 5.46. The molecule has 1 atom stereocenters. The monoisotopic (exact) mass is 301 g/mol. The summed E-state index contributed by atoms with van der Waals surface area (Å²) in [7, 11) is 4.01. The number of furan rings is 1. The van der Waals surface area contributed by atoms with E-state index in [4.69, 9.17) is 4.42 Å². The van der Waals surface area contributed by atoms with Crippen LogP contribution in [-0.4, -0.2) is 26.5 Å². The molecule has 0 saturated carbocycles. The van der Waals surface area contributed by atoms with Crippen LogP contribution in [0.2, 0.25) is 0 Å². The molecule has 0 fully saturated rings. The number of amides is 1. The Morgan fingerprint density at radius 2 is 1.95 bits per heavy atom. The Hall–Kier alpha value is -2.27. The summed E-state index contributed by atoms with van der Waals surface area (Å²) in [6.45, 7) is 2.76. The number of nitrogens with one attached hydrogen (secondary N) is 2. The van der Waals surface area contributed by atoms with Crippen LogP contribution in [0.5, 0.6) is 0 Å². The third kappa shape index (κ3) is 4.63. The smallest absolute Gasteiger partial charge is 0.234 e. The zero-order chi connectivity index (χ0) is 15.9. The molecular formula is C17H23N3O2. The highest BCUT2D eigenvalue weighted by Crippen LogP contribution is 2.12. The molecule has 2 N–H and O–H groups in total. The summed E-state index contributed by atoms with van der Waals surface area (Å²) in [6, 6.07) is 11.9. The van der Waals surface area contributed by atoms with Gasteiger partial charge in [0.25, 0.3) is 0 Å². The number of hydrogen-bond donors (Lipinski definition) is 2. The third-order valence-electron chi connectivity index (χ3n) is 3.48. The van der Waals surface area contributed by atoms with E-state index in [2.05, 4.69) is 10.6 Å². The Morgan fingerprint density at radius 1 is 1.23 bits per heavy atom. The normalized spacial score (nSPS) is 12.0. The summed E-state index contributed by atoms with van der Waals surface area (Å²) >= 11 is 0. The van der Waals surface area contributed by atoms with E-state index < -0.39 is 0 Å². The summed E-state index contributed by atoms with van der Waals surface area (Å²) < 4.78 is 5.29. The first-order chi connectivity index (χ1) is 10.6. The van der Waals surface area contributed by atoms with Gasteiger partial charge in [0.05, 0.1) is 18.8 Å². The van der Waals surface area contributed by atoms with Crippen LogP contribution in [0.15, 0.2) is 47.1 Å². The fraction of sp³-hybridized carbons (Fsp3) is 0.353. The predicted octanol–water partition coefficient (Wildman–Crippen LogP) is 2.31. The fourth-order valence-corrected chi connectivity index (χ4v) is 2.06. The van der Waals surface area contributed by atoms with Crippen LogP contribution in [0, 0.1) is 0 Å². The molecule has 0 aliphatic rings. The molecule has 1 heterocycles. The van der Waals surface area contributed by atoms with E-state index in [1.165, 1.54) is 0 Å². The van der Waals surface area contributed by atoms with Crippen molar-refractivity contribution in [2.45, 2.75) is 19.5 Å². The first-order valence-electron chi connectivity index (χ1n) is 7.36. The second-order valence-corrected chi connectivity index (χ2v) is 5.46. The largest absolute Gasteiger partial charge is 0.468 e. The van der Waals surface area contributed by atoms with Gasteiger partial charge in [-0.1, -0.05) is 12.1 Å². The van der Waals surface area contributed by atoms with Gasteiger partial charge in [-0.25, -0.2) is 0 Å². The van der Waals surface area contributed by atoms with Crippen LogP contribution in [0.25, 0.3) is 0 Å². The number of carbonyl (C=O) groups is 1. The van der Waals surface area contributed by atoms with Gasteiger partial charge in [-0.15, -0.1) is 0 Å². The zero-order valence-corrected chi connectivity index (χ0v) is 13.3. The van der Waals surface area contributed by atoms with Gasteiger partial charge in [-0.05, 0) is 36.8 Å². The highest BCUT2D eigenvalue weighted by atomic mass is 16.3. The molecule has 1 amide bonds. The van der Waals surface area contributed by atoms with Crippen molar-refractivity contribution in [3.05, 3.63) is 54.0 Å². The van der Waals surface area contributed by atoms with Gasteiger partial charge in [0.15, 0.2) is 0 Å². The molecule has 22 heavy (non-hydrogen) atoms. The van der Waals surface area contributed by atoms with Gasteiger partial charge in [-0.2, -0.15) is 0 Å². The standard InChI is InChI=1S/C17H23N3O2/c1-13(16-5-4-10-22-16)18-12-17(21)19-11-14-6-8-15(9-7-14)20(2)3/h4-10,13,18H,11-12H2,1-3H3,(H,19,21)/t13-/m1/s1. The summed E-state index contributed by atoms with van der Waals surface area (Å²) in [5.74, 6) is 0.794. The maximum atomic E-state index is 11.9. The molecule has 1 aromatic carbocycles. The number of hydrogen-bond acceptors (Lipinski definition) is 4. The van der Waals surface area contributed by atoms with Crippen LogP contribution in [0.1, 0.15) is 24.3 Å². The van der Waals surface area contributed by atoms with Crippen molar-refractivity contribution in [1.29, 1.82) is 0 Å². The minimum Gasteiger partial charge on any atom is -0.468 e. The summed E-state index contributed by atoms with van der Waals surface area (Å²) in [4.78, 5) is 13.9. The number of nitrogens with zero attached hydrogens (tertiary/aromatic N) is 1. The molecule has 2 aromatic rings. The fourth-order valence-electron chi connectivity index (χ4n) is 2.06. The first-order valence-corrected chi connectivity index (χ1v) is 7.36. The molecule has 5 heteroatoms. The molecule has 5 nitrogen and oxygen atoms in total. The maximum absolute atomic E-state index is 11.9. The lowest BCUT2D eigenvalue weighted by Crippen LogP contribution is -2.34. The number of rotatable bonds is 7. The molecule has 0 spiro atoms. The molecule has 118 valence electrons. The van der Waals surface area contributed by atoms with E-state index in [0.29, 0.717) is 6.54 Å². The van der Waals surface area contributed by atoms with Gasteiger partial charge in [-0.3, -0.25) is 10.1 Å². The van der Waals surface area contributed by atoms with E-state index in [0.717, 1.165) is 17.0 Å². The minimum atomic E-state index is -0.0323. The van der Waals surface area contributed by atoms with E-state index in [1.54, 1.807) is 6.26 Å². The Balaban J connectivity index is 1.73. The Morgan fingerprint density at radius 3 is 2.55 bits per heavy atom. The van der Waals surface area contributed by atoms with Gasteiger partial charge in [0.2, 0.25) is 5.91 Å². The number of anilines is 1. The SMILES string of the molecule is C[C@@H](NCC(=O)NCc1ccc(N(C)C)cc1)c1ccco1. The Kier molecular flexibility index (Phi) is 5.61. The van der Waals surface area contributed by atoms with Crippen LogP contribution in [0.3, 0.4) is 0 Å². The van der Waals surface area contributed by atoms with E-state index in [1.807, 2.05) is 62.3 Å². The minimum absolute atomic E-state index is 0.0140. The van der Waals surface area contributed by atoms with Gasteiger partial charge in [0, 0.05) is 26.3 Å². The van der Waals surface area contributed by atoms with Crippen molar-refractivity contribution in [1.82, 2.24) is 10.6 Å². The van der Waals surface area contributed by atoms with E-state index in [9.17, 15) is 4.79 Å². The van der Waals surface area contributed by atoms with Crippen molar-refractivity contribution < 1.29 is 9.21 Å². The number of benzene rings is 1. The van der Waals surface area contributed by atoms with Gasteiger partial charge >= 0.3 is 0 Å². The van der Waals surface area contributed by atoms with Crippen LogP contribution >= 0.6 is 0 Å². The van der Waals surface area contributed by atoms with Crippen molar-refractivity contribution in [2.75, 3.05) is 25.5 Å². The van der Waals surface area contributed by atoms with Gasteiger partial charge < -0.3 is 14.6 Å². The maximum Gasteiger partial charge on any atom is 0.234 e. The van der Waals surface area contributed by atoms with Crippen molar-refractivity contribution in [3.63, 3.8) is 0 Å². The van der Waals surface area contributed by atoms with Crippen molar-refractivity contribution in [3.8, 4) is 0 Å². The highest BCUT2D eigenvalue weighted by molar-refractivity contribution is 5.78. The predicted molar refractivity (Wildman–Crippen MR) is 87.7 cm³/mol. The molecule has 0 aliphatic heterocycles. The molecule has 1 aromatic heterocycles. The average molecular weight is 301 g/mol. The average Bonchev–Trinajstić information content (AvgIpc) is 3.05. The molecule has 0 aliphatic carbocycles. The lowest BCUT2D eigenvalue weighted by atomic mass is 10.2. The zero-order valence-electron chi connectivity index (χ0n) is 13.3. The van der Waals surface area contributed by atoms with Crippen molar-refractivity contribution in [2.24, 2.45) is 0 Å². The molecule has 2 rings (SSSR count). The van der Waals surface area contributed by atoms with Crippen LogP contribution < -0.4 is 15.5 Å². The highest BCUT2D eigenvalue weighted by Gasteiger charge is 2.09. The molecule has 0 unspecified atom stereocenters. The topological polar surface area (TPSA) is 57.5 Å². The summed E-state index contributed by atoms with van der Waals surface area (Å²) in [6.07, 6.45) is 1.63. The third-order valence-corrected chi connectivity index (χ3v) is 3.48. The molecule has 0 radical (unpaired) electrons. The summed E-state index contributed by atoms with van der Waals surface area (Å²) in [5, 5.41) is 6.04. The van der Waals surface area contributed by atoms with Crippen LogP contribution in [-0.2, 0) is 11.3 Å². The molecular weight excluding hydrogens is 278 g/mol. The molecule has 0 saturated heterocycles. The van der Waals surface area contributed by atoms with Crippen molar-refractivity contribution >= 4 is 11.6 Å². The first kappa shape index (κ1) is 16.1.